The lowest BCUT2D eigenvalue weighted by molar-refractivity contribution is 0.614. The Morgan fingerprint density at radius 3 is 2.70 bits per heavy atom. The summed E-state index contributed by atoms with van der Waals surface area (Å²) in [5.41, 5.74) is 2.35. The third-order valence-electron chi connectivity index (χ3n) is 3.34. The van der Waals surface area contributed by atoms with Crippen molar-refractivity contribution >= 4 is 11.4 Å². The SMILES string of the molecule is Cc1ncc(CNc2ccc(N(C)C(C)C)c(F)c2)[nH]1. The second kappa shape index (κ2) is 5.94. The van der Waals surface area contributed by atoms with E-state index in [0.29, 0.717) is 12.2 Å². The Morgan fingerprint density at radius 2 is 2.15 bits per heavy atom. The smallest absolute Gasteiger partial charge is 0.148 e. The number of anilines is 2. The first-order valence-corrected chi connectivity index (χ1v) is 6.74. The van der Waals surface area contributed by atoms with Gasteiger partial charge in [0.1, 0.15) is 11.6 Å². The Morgan fingerprint density at radius 1 is 1.40 bits per heavy atom. The van der Waals surface area contributed by atoms with Gasteiger partial charge in [0.2, 0.25) is 0 Å². The number of nitrogens with zero attached hydrogens (tertiary/aromatic N) is 2. The average molecular weight is 276 g/mol. The highest BCUT2D eigenvalue weighted by Crippen LogP contribution is 2.23. The van der Waals surface area contributed by atoms with E-state index >= 15 is 0 Å². The van der Waals surface area contributed by atoms with Gasteiger partial charge in [0.15, 0.2) is 0 Å². The lowest BCUT2D eigenvalue weighted by Gasteiger charge is -2.24. The van der Waals surface area contributed by atoms with E-state index in [4.69, 9.17) is 0 Å². The molecule has 2 N–H and O–H groups in total. The molecule has 0 aliphatic heterocycles. The molecule has 0 saturated heterocycles. The van der Waals surface area contributed by atoms with E-state index in [1.54, 1.807) is 12.3 Å². The van der Waals surface area contributed by atoms with Crippen molar-refractivity contribution in [2.45, 2.75) is 33.4 Å². The Hall–Kier alpha value is -2.04. The van der Waals surface area contributed by atoms with E-state index in [-0.39, 0.29) is 11.9 Å². The Kier molecular flexibility index (Phi) is 4.27. The van der Waals surface area contributed by atoms with Gasteiger partial charge in [-0.05, 0) is 39.0 Å². The van der Waals surface area contributed by atoms with Crippen LogP contribution in [-0.4, -0.2) is 23.1 Å². The first-order chi connectivity index (χ1) is 9.47. The first-order valence-electron chi connectivity index (χ1n) is 6.74. The van der Waals surface area contributed by atoms with E-state index in [9.17, 15) is 4.39 Å². The number of halogens is 1. The summed E-state index contributed by atoms with van der Waals surface area (Å²) in [6, 6.07) is 5.48. The van der Waals surface area contributed by atoms with Crippen molar-refractivity contribution in [1.82, 2.24) is 9.97 Å². The van der Waals surface area contributed by atoms with E-state index < -0.39 is 0 Å². The summed E-state index contributed by atoms with van der Waals surface area (Å²) in [6.07, 6.45) is 1.78. The van der Waals surface area contributed by atoms with Crippen LogP contribution in [0.25, 0.3) is 0 Å². The van der Waals surface area contributed by atoms with Crippen molar-refractivity contribution in [1.29, 1.82) is 0 Å². The number of imidazole rings is 1. The minimum Gasteiger partial charge on any atom is -0.379 e. The molecule has 0 amide bonds. The number of aryl methyl sites for hydroxylation is 1. The number of nitrogens with one attached hydrogen (secondary N) is 2. The molecule has 0 unspecified atom stereocenters. The molecule has 2 aromatic rings. The van der Waals surface area contributed by atoms with E-state index in [1.165, 1.54) is 6.07 Å². The molecule has 0 spiro atoms. The summed E-state index contributed by atoms with van der Waals surface area (Å²) in [4.78, 5) is 9.17. The average Bonchev–Trinajstić information content (AvgIpc) is 2.81. The fourth-order valence-corrected chi connectivity index (χ4v) is 1.94. The molecule has 5 heteroatoms. The van der Waals surface area contributed by atoms with Crippen molar-refractivity contribution in [3.63, 3.8) is 0 Å². The fraction of sp³-hybridized carbons (Fsp3) is 0.400. The standard InChI is InChI=1S/C15H21FN4/c1-10(2)20(4)15-6-5-12(7-14(15)16)18-9-13-8-17-11(3)19-13/h5-8,10,18H,9H2,1-4H3,(H,17,19). The van der Waals surface area contributed by atoms with Gasteiger partial charge in [-0.2, -0.15) is 0 Å². The fourth-order valence-electron chi connectivity index (χ4n) is 1.94. The Labute approximate surface area is 119 Å². The quantitative estimate of drug-likeness (QED) is 0.880. The van der Waals surface area contributed by atoms with Crippen molar-refractivity contribution in [3.8, 4) is 0 Å². The number of hydrogen-bond donors (Lipinski definition) is 2. The molecular weight excluding hydrogens is 255 g/mol. The maximum atomic E-state index is 14.1. The van der Waals surface area contributed by atoms with Gasteiger partial charge >= 0.3 is 0 Å². The minimum atomic E-state index is -0.216. The van der Waals surface area contributed by atoms with Gasteiger partial charge in [-0.25, -0.2) is 9.37 Å². The van der Waals surface area contributed by atoms with Crippen LogP contribution in [0.5, 0.6) is 0 Å². The van der Waals surface area contributed by atoms with Crippen molar-refractivity contribution in [3.05, 3.63) is 41.7 Å². The lowest BCUT2D eigenvalue weighted by atomic mass is 10.2. The molecule has 1 aromatic heterocycles. The van der Waals surface area contributed by atoms with Crippen LogP contribution in [0.2, 0.25) is 0 Å². The molecule has 4 nitrogen and oxygen atoms in total. The molecule has 0 atom stereocenters. The maximum absolute atomic E-state index is 14.1. The molecule has 1 aromatic carbocycles. The van der Waals surface area contributed by atoms with Crippen LogP contribution in [0.3, 0.4) is 0 Å². The van der Waals surface area contributed by atoms with Gasteiger partial charge in [0, 0.05) is 18.8 Å². The predicted molar refractivity (Wildman–Crippen MR) is 80.6 cm³/mol. The van der Waals surface area contributed by atoms with E-state index in [0.717, 1.165) is 17.2 Å². The normalized spacial score (nSPS) is 10.9. The summed E-state index contributed by atoms with van der Waals surface area (Å²) in [5, 5.41) is 3.18. The molecule has 2 rings (SSSR count). The zero-order valence-corrected chi connectivity index (χ0v) is 12.4. The third-order valence-corrected chi connectivity index (χ3v) is 3.34. The van der Waals surface area contributed by atoms with Gasteiger partial charge in [-0.3, -0.25) is 0 Å². The molecular formula is C15H21FN4. The molecule has 108 valence electrons. The van der Waals surface area contributed by atoms with Crippen LogP contribution >= 0.6 is 0 Å². The molecule has 0 radical (unpaired) electrons. The highest BCUT2D eigenvalue weighted by atomic mass is 19.1. The molecule has 0 aliphatic rings. The highest BCUT2D eigenvalue weighted by Gasteiger charge is 2.10. The van der Waals surface area contributed by atoms with Gasteiger partial charge in [-0.15, -0.1) is 0 Å². The number of aromatic amines is 1. The second-order valence-electron chi connectivity index (χ2n) is 5.22. The summed E-state index contributed by atoms with van der Waals surface area (Å²) in [7, 11) is 1.89. The van der Waals surface area contributed by atoms with E-state index in [2.05, 4.69) is 15.3 Å². The van der Waals surface area contributed by atoms with E-state index in [1.807, 2.05) is 38.8 Å². The van der Waals surface area contributed by atoms with Crippen LogP contribution in [-0.2, 0) is 6.54 Å². The summed E-state index contributed by atoms with van der Waals surface area (Å²) in [6.45, 7) is 6.57. The lowest BCUT2D eigenvalue weighted by Crippen LogP contribution is -2.26. The van der Waals surface area contributed by atoms with Crippen molar-refractivity contribution in [2.24, 2.45) is 0 Å². The van der Waals surface area contributed by atoms with Crippen LogP contribution in [0.15, 0.2) is 24.4 Å². The van der Waals surface area contributed by atoms with Crippen molar-refractivity contribution in [2.75, 3.05) is 17.3 Å². The first kappa shape index (κ1) is 14.4. The summed E-state index contributed by atoms with van der Waals surface area (Å²) >= 11 is 0. The molecule has 1 heterocycles. The predicted octanol–water partition coefficient (Wildman–Crippen LogP) is 3.31. The number of hydrogen-bond acceptors (Lipinski definition) is 3. The third kappa shape index (κ3) is 3.29. The van der Waals surface area contributed by atoms with Crippen LogP contribution < -0.4 is 10.2 Å². The summed E-state index contributed by atoms with van der Waals surface area (Å²) < 4.78 is 14.1. The highest BCUT2D eigenvalue weighted by molar-refractivity contribution is 5.56. The molecule has 0 saturated carbocycles. The topological polar surface area (TPSA) is 44.0 Å². The number of aromatic nitrogens is 2. The zero-order chi connectivity index (χ0) is 14.7. The van der Waals surface area contributed by atoms with Crippen LogP contribution in [0.4, 0.5) is 15.8 Å². The summed E-state index contributed by atoms with van der Waals surface area (Å²) in [5.74, 6) is 0.661. The van der Waals surface area contributed by atoms with Crippen LogP contribution in [0, 0.1) is 12.7 Å². The van der Waals surface area contributed by atoms with Crippen LogP contribution in [0.1, 0.15) is 25.4 Å². The van der Waals surface area contributed by atoms with Crippen molar-refractivity contribution < 1.29 is 4.39 Å². The maximum Gasteiger partial charge on any atom is 0.148 e. The number of benzene rings is 1. The minimum absolute atomic E-state index is 0.216. The Bertz CT molecular complexity index is 577. The van der Waals surface area contributed by atoms with Gasteiger partial charge in [-0.1, -0.05) is 0 Å². The molecule has 0 bridgehead atoms. The monoisotopic (exact) mass is 276 g/mol. The Balaban J connectivity index is 2.05. The molecule has 20 heavy (non-hydrogen) atoms. The second-order valence-corrected chi connectivity index (χ2v) is 5.22. The molecule has 0 aliphatic carbocycles. The number of H-pyrrole nitrogens is 1. The largest absolute Gasteiger partial charge is 0.379 e. The van der Waals surface area contributed by atoms with Gasteiger partial charge in [0.05, 0.1) is 24.1 Å². The van der Waals surface area contributed by atoms with Gasteiger partial charge in [0.25, 0.3) is 0 Å². The zero-order valence-electron chi connectivity index (χ0n) is 12.4. The number of rotatable bonds is 5. The van der Waals surface area contributed by atoms with Gasteiger partial charge < -0.3 is 15.2 Å². The molecule has 0 fully saturated rings.